The lowest BCUT2D eigenvalue weighted by Gasteiger charge is -2.36. The maximum Gasteiger partial charge on any atom is 0.334 e. The van der Waals surface area contributed by atoms with Crippen LogP contribution < -0.4 is 0 Å². The van der Waals surface area contributed by atoms with Crippen LogP contribution in [0, 0.1) is 23.2 Å². The molecular weight excluding hydrogens is 316 g/mol. The second kappa shape index (κ2) is 6.08. The molecule has 3 aliphatic rings. The molecule has 25 heavy (non-hydrogen) atoms. The fourth-order valence-corrected chi connectivity index (χ4v) is 4.71. The van der Waals surface area contributed by atoms with Crippen molar-refractivity contribution < 1.29 is 19.1 Å². The second-order valence-corrected chi connectivity index (χ2v) is 8.03. The molecule has 0 amide bonds. The summed E-state index contributed by atoms with van der Waals surface area (Å²) < 4.78 is 4.97. The highest BCUT2D eigenvalue weighted by Gasteiger charge is 2.50. The van der Waals surface area contributed by atoms with Crippen molar-refractivity contribution >= 4 is 17.5 Å². The smallest absolute Gasteiger partial charge is 0.334 e. The molecule has 0 spiro atoms. The Morgan fingerprint density at radius 3 is 2.60 bits per heavy atom. The van der Waals surface area contributed by atoms with E-state index in [2.05, 4.69) is 13.8 Å². The molecule has 4 nitrogen and oxygen atoms in total. The average molecular weight is 342 g/mol. The predicted octanol–water partition coefficient (Wildman–Crippen LogP) is 3.57. The van der Waals surface area contributed by atoms with E-state index < -0.39 is 5.41 Å². The molecule has 0 aromatic heterocycles. The van der Waals surface area contributed by atoms with Gasteiger partial charge in [-0.25, -0.2) is 4.79 Å². The summed E-state index contributed by atoms with van der Waals surface area (Å²) in [6.07, 6.45) is 5.20. The monoisotopic (exact) mass is 342 g/mol. The quantitative estimate of drug-likeness (QED) is 0.720. The summed E-state index contributed by atoms with van der Waals surface area (Å²) in [4.78, 5) is 37.5. The number of carbonyl (C=O) groups excluding carboxylic acids is 3. The second-order valence-electron chi connectivity index (χ2n) is 8.03. The molecule has 0 saturated heterocycles. The Balaban J connectivity index is 2.14. The molecule has 0 saturated carbocycles. The third kappa shape index (κ3) is 2.62. The van der Waals surface area contributed by atoms with Gasteiger partial charge in [-0.2, -0.15) is 0 Å². The topological polar surface area (TPSA) is 60.4 Å². The number of rotatable bonds is 2. The van der Waals surface area contributed by atoms with Crippen LogP contribution in [0.5, 0.6) is 0 Å². The van der Waals surface area contributed by atoms with Gasteiger partial charge in [-0.1, -0.05) is 38.0 Å². The summed E-state index contributed by atoms with van der Waals surface area (Å²) in [5.74, 6) is -0.0478. The predicted molar refractivity (Wildman–Crippen MR) is 94.7 cm³/mol. The SMILES string of the molecule is COC(=O)/C1=C/C[C@@H]2C(C(C)C)=CC(=O)[C@]2(C)CC2=C(C)C(=O)C[C@@H]21. The molecule has 3 aliphatic carbocycles. The summed E-state index contributed by atoms with van der Waals surface area (Å²) >= 11 is 0. The van der Waals surface area contributed by atoms with Gasteiger partial charge in [-0.3, -0.25) is 9.59 Å². The largest absolute Gasteiger partial charge is 0.466 e. The Morgan fingerprint density at radius 1 is 1.32 bits per heavy atom. The highest BCUT2D eigenvalue weighted by Crippen LogP contribution is 2.53. The first-order chi connectivity index (χ1) is 11.7. The van der Waals surface area contributed by atoms with Gasteiger partial charge >= 0.3 is 5.97 Å². The average Bonchev–Trinajstić information content (AvgIpc) is 2.95. The van der Waals surface area contributed by atoms with E-state index in [0.717, 1.165) is 11.1 Å². The molecule has 0 N–H and O–H groups in total. The number of fused-ring (bicyclic) bond motifs is 2. The zero-order valence-electron chi connectivity index (χ0n) is 15.6. The van der Waals surface area contributed by atoms with E-state index >= 15 is 0 Å². The van der Waals surface area contributed by atoms with Crippen LogP contribution >= 0.6 is 0 Å². The fourth-order valence-electron chi connectivity index (χ4n) is 4.71. The number of Topliss-reactive ketones (excluding diaryl/α,β-unsaturated/α-hetero) is 1. The van der Waals surface area contributed by atoms with E-state index in [4.69, 9.17) is 4.74 Å². The summed E-state index contributed by atoms with van der Waals surface area (Å²) in [5, 5.41) is 0. The molecule has 4 heteroatoms. The van der Waals surface area contributed by atoms with Gasteiger partial charge in [0.15, 0.2) is 11.6 Å². The molecule has 3 atom stereocenters. The molecule has 0 aliphatic heterocycles. The minimum Gasteiger partial charge on any atom is -0.466 e. The summed E-state index contributed by atoms with van der Waals surface area (Å²) in [6, 6.07) is 0. The molecule has 0 heterocycles. The van der Waals surface area contributed by atoms with Crippen LogP contribution in [0.3, 0.4) is 0 Å². The lowest BCUT2D eigenvalue weighted by atomic mass is 9.65. The number of ether oxygens (including phenoxy) is 1. The van der Waals surface area contributed by atoms with Crippen LogP contribution in [0.1, 0.15) is 47.0 Å². The molecule has 0 radical (unpaired) electrons. The van der Waals surface area contributed by atoms with E-state index in [-0.39, 0.29) is 35.3 Å². The minimum absolute atomic E-state index is 0.0663. The maximum atomic E-state index is 12.9. The molecule has 134 valence electrons. The van der Waals surface area contributed by atoms with Crippen LogP contribution in [-0.4, -0.2) is 24.6 Å². The molecule has 0 unspecified atom stereocenters. The summed E-state index contributed by atoms with van der Waals surface area (Å²) in [7, 11) is 1.37. The number of hydrogen-bond donors (Lipinski definition) is 0. The Bertz CT molecular complexity index is 750. The van der Waals surface area contributed by atoms with Crippen molar-refractivity contribution in [1.82, 2.24) is 0 Å². The van der Waals surface area contributed by atoms with Gasteiger partial charge in [0.2, 0.25) is 0 Å². The van der Waals surface area contributed by atoms with Crippen molar-refractivity contribution in [3.05, 3.63) is 34.4 Å². The zero-order chi connectivity index (χ0) is 18.5. The van der Waals surface area contributed by atoms with Crippen molar-refractivity contribution in [2.45, 2.75) is 47.0 Å². The number of esters is 1. The third-order valence-corrected chi connectivity index (χ3v) is 6.34. The van der Waals surface area contributed by atoms with Gasteiger partial charge in [-0.15, -0.1) is 0 Å². The summed E-state index contributed by atoms with van der Waals surface area (Å²) in [6.45, 7) is 8.04. The highest BCUT2D eigenvalue weighted by atomic mass is 16.5. The van der Waals surface area contributed by atoms with E-state index in [1.54, 1.807) is 6.08 Å². The summed E-state index contributed by atoms with van der Waals surface area (Å²) in [5.41, 5.74) is 2.85. The normalized spacial score (nSPS) is 34.2. The minimum atomic E-state index is -0.531. The van der Waals surface area contributed by atoms with Crippen LogP contribution in [0.15, 0.2) is 34.4 Å². The van der Waals surface area contributed by atoms with Gasteiger partial charge in [-0.05, 0) is 43.3 Å². The van der Waals surface area contributed by atoms with E-state index in [0.29, 0.717) is 30.4 Å². The molecular formula is C21H26O4. The number of hydrogen-bond acceptors (Lipinski definition) is 4. The van der Waals surface area contributed by atoms with Crippen molar-refractivity contribution in [2.24, 2.45) is 23.2 Å². The number of carbonyl (C=O) groups is 3. The van der Waals surface area contributed by atoms with Crippen LogP contribution in [0.4, 0.5) is 0 Å². The first-order valence-electron chi connectivity index (χ1n) is 8.97. The lowest BCUT2D eigenvalue weighted by molar-refractivity contribution is -0.136. The van der Waals surface area contributed by atoms with Crippen LogP contribution in [-0.2, 0) is 19.1 Å². The van der Waals surface area contributed by atoms with Gasteiger partial charge in [0.25, 0.3) is 0 Å². The number of methoxy groups -OCH3 is 1. The third-order valence-electron chi connectivity index (χ3n) is 6.34. The van der Waals surface area contributed by atoms with Crippen LogP contribution in [0.2, 0.25) is 0 Å². The van der Waals surface area contributed by atoms with Crippen molar-refractivity contribution in [2.75, 3.05) is 7.11 Å². The first-order valence-corrected chi connectivity index (χ1v) is 8.97. The zero-order valence-corrected chi connectivity index (χ0v) is 15.6. The van der Waals surface area contributed by atoms with Crippen LogP contribution in [0.25, 0.3) is 0 Å². The maximum absolute atomic E-state index is 12.9. The Morgan fingerprint density at radius 2 is 2.00 bits per heavy atom. The molecule has 0 aromatic carbocycles. The first kappa shape index (κ1) is 17.8. The number of ketones is 2. The fraction of sp³-hybridized carbons (Fsp3) is 0.571. The molecule has 0 aromatic rings. The molecule has 0 fully saturated rings. The van der Waals surface area contributed by atoms with E-state index in [1.165, 1.54) is 7.11 Å². The van der Waals surface area contributed by atoms with Gasteiger partial charge in [0.1, 0.15) is 0 Å². The highest BCUT2D eigenvalue weighted by molar-refractivity contribution is 6.03. The Labute approximate surface area is 149 Å². The molecule has 3 rings (SSSR count). The van der Waals surface area contributed by atoms with Crippen molar-refractivity contribution in [3.63, 3.8) is 0 Å². The Hall–Kier alpha value is -1.97. The van der Waals surface area contributed by atoms with Crippen molar-refractivity contribution in [3.8, 4) is 0 Å². The Kier molecular flexibility index (Phi) is 4.34. The standard InChI is InChI=1S/C21H26O4/c1-11(2)14-9-19(23)21(4)10-16-12(3)18(22)8-15(16)13(20(24)25-5)6-7-17(14)21/h6,9,11,15,17H,7-8,10H2,1-5H3/b13-6+/t15-,17-,21-/m1/s1. The lowest BCUT2D eigenvalue weighted by Crippen LogP contribution is -2.34. The van der Waals surface area contributed by atoms with Gasteiger partial charge in [0.05, 0.1) is 7.11 Å². The molecule has 0 bridgehead atoms. The van der Waals surface area contributed by atoms with Gasteiger partial charge < -0.3 is 4.74 Å². The van der Waals surface area contributed by atoms with Crippen molar-refractivity contribution in [1.29, 1.82) is 0 Å². The van der Waals surface area contributed by atoms with Gasteiger partial charge in [0, 0.05) is 23.3 Å². The number of allylic oxidation sites excluding steroid dienone is 5. The van der Waals surface area contributed by atoms with E-state index in [9.17, 15) is 14.4 Å². The van der Waals surface area contributed by atoms with E-state index in [1.807, 2.05) is 19.9 Å².